The molecule has 0 aliphatic heterocycles. The zero-order valence-corrected chi connectivity index (χ0v) is 16.7. The lowest BCUT2D eigenvalue weighted by atomic mass is 9.97. The third kappa shape index (κ3) is 4.29. The molecular weight excluding hydrogens is 348 g/mol. The maximum absolute atomic E-state index is 12.9. The molecule has 2 aromatic rings. The van der Waals surface area contributed by atoms with Gasteiger partial charge in [-0.05, 0) is 54.5 Å². The Morgan fingerprint density at radius 1 is 1.04 bits per heavy atom. The van der Waals surface area contributed by atoms with Crippen molar-refractivity contribution < 1.29 is 9.53 Å². The van der Waals surface area contributed by atoms with Crippen molar-refractivity contribution in [2.45, 2.75) is 50.7 Å². The number of nitrogens with zero attached hydrogens (tertiary/aromatic N) is 1. The number of nitrogens with two attached hydrogens (primary N) is 1. The van der Waals surface area contributed by atoms with E-state index >= 15 is 0 Å². The van der Waals surface area contributed by atoms with Crippen molar-refractivity contribution in [3.05, 3.63) is 54.1 Å². The van der Waals surface area contributed by atoms with Crippen LogP contribution in [-0.2, 0) is 16.1 Å². The highest BCUT2D eigenvalue weighted by atomic mass is 16.5. The molecule has 0 atom stereocenters. The molecule has 0 radical (unpaired) electrons. The lowest BCUT2D eigenvalue weighted by Crippen LogP contribution is -2.50. The van der Waals surface area contributed by atoms with E-state index in [9.17, 15) is 4.79 Å². The number of rotatable bonds is 7. The van der Waals surface area contributed by atoms with E-state index in [1.165, 1.54) is 12.8 Å². The summed E-state index contributed by atoms with van der Waals surface area (Å²) < 4.78 is 5.18. The first-order valence-electron chi connectivity index (χ1n) is 10.4. The third-order valence-electron chi connectivity index (χ3n) is 6.04. The molecule has 0 bridgehead atoms. The first kappa shape index (κ1) is 19.2. The zero-order valence-electron chi connectivity index (χ0n) is 16.7. The van der Waals surface area contributed by atoms with Crippen LogP contribution >= 0.6 is 0 Å². The van der Waals surface area contributed by atoms with Crippen LogP contribution < -0.4 is 10.6 Å². The molecule has 1 amide bonds. The molecule has 0 aromatic heterocycles. The molecule has 2 fully saturated rings. The second-order valence-corrected chi connectivity index (χ2v) is 8.44. The molecule has 4 rings (SSSR count). The fourth-order valence-electron chi connectivity index (χ4n) is 4.19. The maximum atomic E-state index is 12.9. The monoisotopic (exact) mass is 378 g/mol. The van der Waals surface area contributed by atoms with Gasteiger partial charge in [0.1, 0.15) is 0 Å². The number of methoxy groups -OCH3 is 1. The van der Waals surface area contributed by atoms with E-state index in [2.05, 4.69) is 48.5 Å². The van der Waals surface area contributed by atoms with Gasteiger partial charge >= 0.3 is 0 Å². The van der Waals surface area contributed by atoms with E-state index in [0.29, 0.717) is 13.2 Å². The summed E-state index contributed by atoms with van der Waals surface area (Å²) in [7, 11) is 1.71. The van der Waals surface area contributed by atoms with E-state index in [0.717, 1.165) is 48.1 Å². The van der Waals surface area contributed by atoms with Gasteiger partial charge in [-0.25, -0.2) is 0 Å². The van der Waals surface area contributed by atoms with Crippen molar-refractivity contribution in [2.75, 3.05) is 18.6 Å². The number of anilines is 1. The molecule has 2 aromatic carbocycles. The fourth-order valence-corrected chi connectivity index (χ4v) is 4.19. The minimum atomic E-state index is -0.236. The standard InChI is InChI=1S/C24H30N2O2/c1-28-16-18-4-6-19(7-5-18)20-10-12-22(13-11-20)26(23(27)21-8-9-21)17-24(25)14-2-3-15-24/h4-7,10-13,21H,2-3,8-9,14-17,25H2,1H3. The summed E-state index contributed by atoms with van der Waals surface area (Å²) in [6.45, 7) is 1.26. The number of benzene rings is 2. The Bertz CT molecular complexity index is 804. The van der Waals surface area contributed by atoms with Crippen LogP contribution in [0.25, 0.3) is 11.1 Å². The lowest BCUT2D eigenvalue weighted by molar-refractivity contribution is -0.120. The summed E-state index contributed by atoms with van der Waals surface area (Å²) in [5.74, 6) is 0.436. The summed E-state index contributed by atoms with van der Waals surface area (Å²) in [5, 5.41) is 0. The largest absolute Gasteiger partial charge is 0.380 e. The minimum Gasteiger partial charge on any atom is -0.380 e. The predicted molar refractivity (Wildman–Crippen MR) is 113 cm³/mol. The van der Waals surface area contributed by atoms with Gasteiger partial charge in [-0.1, -0.05) is 49.2 Å². The molecule has 2 aliphatic rings. The number of hydrogen-bond acceptors (Lipinski definition) is 3. The van der Waals surface area contributed by atoms with Crippen molar-refractivity contribution in [3.63, 3.8) is 0 Å². The van der Waals surface area contributed by atoms with Crippen molar-refractivity contribution in [1.82, 2.24) is 0 Å². The Kier molecular flexibility index (Phi) is 5.51. The van der Waals surface area contributed by atoms with Crippen molar-refractivity contribution in [3.8, 4) is 11.1 Å². The molecule has 2 N–H and O–H groups in total. The first-order valence-corrected chi connectivity index (χ1v) is 10.4. The van der Waals surface area contributed by atoms with Gasteiger partial charge in [0, 0.05) is 30.8 Å². The summed E-state index contributed by atoms with van der Waals surface area (Å²) >= 11 is 0. The molecule has 0 spiro atoms. The number of hydrogen-bond donors (Lipinski definition) is 1. The zero-order chi connectivity index (χ0) is 19.6. The summed E-state index contributed by atoms with van der Waals surface area (Å²) in [5.41, 5.74) is 10.8. The topological polar surface area (TPSA) is 55.6 Å². The van der Waals surface area contributed by atoms with Gasteiger partial charge in [-0.3, -0.25) is 4.79 Å². The molecule has 4 nitrogen and oxygen atoms in total. The van der Waals surface area contributed by atoms with Crippen molar-refractivity contribution in [1.29, 1.82) is 0 Å². The van der Waals surface area contributed by atoms with Crippen LogP contribution in [0.5, 0.6) is 0 Å². The highest BCUT2D eigenvalue weighted by Gasteiger charge is 2.38. The van der Waals surface area contributed by atoms with Crippen LogP contribution in [0, 0.1) is 5.92 Å². The van der Waals surface area contributed by atoms with Gasteiger partial charge in [0.2, 0.25) is 5.91 Å². The molecule has 2 aliphatic carbocycles. The molecule has 28 heavy (non-hydrogen) atoms. The Morgan fingerprint density at radius 3 is 2.14 bits per heavy atom. The third-order valence-corrected chi connectivity index (χ3v) is 6.04. The first-order chi connectivity index (χ1) is 13.6. The Labute approximate surface area is 167 Å². The van der Waals surface area contributed by atoms with Gasteiger partial charge in [-0.2, -0.15) is 0 Å². The summed E-state index contributed by atoms with van der Waals surface area (Å²) in [6.07, 6.45) is 6.37. The predicted octanol–water partition coefficient (Wildman–Crippen LogP) is 4.51. The Balaban J connectivity index is 1.54. The SMILES string of the molecule is COCc1ccc(-c2ccc(N(CC3(N)CCCC3)C(=O)C3CC3)cc2)cc1. The van der Waals surface area contributed by atoms with Gasteiger partial charge in [0.15, 0.2) is 0 Å². The van der Waals surface area contributed by atoms with Gasteiger partial charge in [-0.15, -0.1) is 0 Å². The van der Waals surface area contributed by atoms with Crippen molar-refractivity contribution in [2.24, 2.45) is 11.7 Å². The van der Waals surface area contributed by atoms with Crippen LogP contribution in [0.4, 0.5) is 5.69 Å². The van der Waals surface area contributed by atoms with Gasteiger partial charge in [0.05, 0.1) is 6.61 Å². The second kappa shape index (κ2) is 8.06. The smallest absolute Gasteiger partial charge is 0.230 e. The van der Waals surface area contributed by atoms with Crippen LogP contribution in [0.15, 0.2) is 48.5 Å². The van der Waals surface area contributed by atoms with E-state index in [1.807, 2.05) is 4.90 Å². The molecular formula is C24H30N2O2. The van der Waals surface area contributed by atoms with Gasteiger partial charge < -0.3 is 15.4 Å². The molecule has 148 valence electrons. The number of carbonyl (C=O) groups excluding carboxylic acids is 1. The van der Waals surface area contributed by atoms with E-state index < -0.39 is 0 Å². The average Bonchev–Trinajstić information content (AvgIpc) is 3.48. The molecule has 0 unspecified atom stereocenters. The Hall–Kier alpha value is -2.17. The normalized spacial score (nSPS) is 18.2. The maximum Gasteiger partial charge on any atom is 0.230 e. The lowest BCUT2D eigenvalue weighted by Gasteiger charge is -2.32. The Morgan fingerprint density at radius 2 is 1.61 bits per heavy atom. The van der Waals surface area contributed by atoms with Crippen LogP contribution in [0.1, 0.15) is 44.1 Å². The highest BCUT2D eigenvalue weighted by molar-refractivity contribution is 5.96. The molecule has 0 heterocycles. The minimum absolute atomic E-state index is 0.193. The number of ether oxygens (including phenoxy) is 1. The quantitative estimate of drug-likeness (QED) is 0.771. The molecule has 2 saturated carbocycles. The molecule has 0 saturated heterocycles. The van der Waals surface area contributed by atoms with Crippen molar-refractivity contribution >= 4 is 11.6 Å². The van der Waals surface area contributed by atoms with E-state index in [-0.39, 0.29) is 17.4 Å². The average molecular weight is 379 g/mol. The van der Waals surface area contributed by atoms with Gasteiger partial charge in [0.25, 0.3) is 0 Å². The number of carbonyl (C=O) groups is 1. The second-order valence-electron chi connectivity index (χ2n) is 8.44. The molecule has 4 heteroatoms. The van der Waals surface area contributed by atoms with Crippen LogP contribution in [-0.4, -0.2) is 25.1 Å². The van der Waals surface area contributed by atoms with Crippen LogP contribution in [0.3, 0.4) is 0 Å². The highest BCUT2D eigenvalue weighted by Crippen LogP contribution is 2.36. The fraction of sp³-hybridized carbons (Fsp3) is 0.458. The summed E-state index contributed by atoms with van der Waals surface area (Å²) in [6, 6.07) is 16.8. The summed E-state index contributed by atoms with van der Waals surface area (Å²) in [4.78, 5) is 14.9. The number of amides is 1. The van der Waals surface area contributed by atoms with E-state index in [1.54, 1.807) is 7.11 Å². The van der Waals surface area contributed by atoms with Crippen LogP contribution in [0.2, 0.25) is 0 Å². The van der Waals surface area contributed by atoms with E-state index in [4.69, 9.17) is 10.5 Å².